The zero-order chi connectivity index (χ0) is 14.6. The first-order valence-corrected chi connectivity index (χ1v) is 7.65. The van der Waals surface area contributed by atoms with Gasteiger partial charge in [0, 0.05) is 45.0 Å². The summed E-state index contributed by atoms with van der Waals surface area (Å²) in [6, 6.07) is 0. The first kappa shape index (κ1) is 15.4. The van der Waals surface area contributed by atoms with Crippen LogP contribution in [0.1, 0.15) is 26.0 Å². The SMILES string of the molecule is CCN(C(C)=O)c1nc(CNCC2(O)CCOC2)cs1. The van der Waals surface area contributed by atoms with E-state index in [9.17, 15) is 9.90 Å². The number of hydrogen-bond donors (Lipinski definition) is 2. The average molecular weight is 299 g/mol. The first-order valence-electron chi connectivity index (χ1n) is 6.77. The Balaban J connectivity index is 1.85. The third kappa shape index (κ3) is 3.76. The van der Waals surface area contributed by atoms with Crippen LogP contribution in [0.4, 0.5) is 5.13 Å². The molecule has 2 rings (SSSR count). The van der Waals surface area contributed by atoms with Crippen LogP contribution in [0.25, 0.3) is 0 Å². The number of amides is 1. The van der Waals surface area contributed by atoms with Gasteiger partial charge in [0.1, 0.15) is 5.60 Å². The molecule has 0 spiro atoms. The van der Waals surface area contributed by atoms with Crippen molar-refractivity contribution in [2.45, 2.75) is 32.4 Å². The standard InChI is InChI=1S/C13H21N3O3S/c1-3-16(10(2)17)12-15-11(7-20-12)6-14-8-13(18)4-5-19-9-13/h7,14,18H,3-6,8-9H2,1-2H3. The van der Waals surface area contributed by atoms with Gasteiger partial charge in [0.25, 0.3) is 0 Å². The highest BCUT2D eigenvalue weighted by Crippen LogP contribution is 2.21. The molecule has 1 amide bonds. The number of anilines is 1. The van der Waals surface area contributed by atoms with Crippen molar-refractivity contribution in [3.8, 4) is 0 Å². The van der Waals surface area contributed by atoms with Gasteiger partial charge in [-0.25, -0.2) is 4.98 Å². The van der Waals surface area contributed by atoms with Gasteiger partial charge >= 0.3 is 0 Å². The Labute approximate surface area is 122 Å². The summed E-state index contributed by atoms with van der Waals surface area (Å²) in [5.74, 6) is -0.00113. The Morgan fingerprint density at radius 2 is 2.50 bits per heavy atom. The van der Waals surface area contributed by atoms with Crippen molar-refractivity contribution in [1.29, 1.82) is 0 Å². The molecule has 1 aromatic heterocycles. The highest BCUT2D eigenvalue weighted by Gasteiger charge is 2.31. The fourth-order valence-corrected chi connectivity index (χ4v) is 3.09. The third-order valence-electron chi connectivity index (χ3n) is 3.31. The maximum absolute atomic E-state index is 11.4. The van der Waals surface area contributed by atoms with Gasteiger partial charge in [-0.1, -0.05) is 0 Å². The lowest BCUT2D eigenvalue weighted by Crippen LogP contribution is -2.40. The van der Waals surface area contributed by atoms with E-state index in [1.165, 1.54) is 11.3 Å². The van der Waals surface area contributed by atoms with Crippen LogP contribution in [0.2, 0.25) is 0 Å². The van der Waals surface area contributed by atoms with E-state index in [0.29, 0.717) is 39.3 Å². The highest BCUT2D eigenvalue weighted by molar-refractivity contribution is 7.14. The first-order chi connectivity index (χ1) is 9.54. The fourth-order valence-electron chi connectivity index (χ4n) is 2.15. The summed E-state index contributed by atoms with van der Waals surface area (Å²) in [6.45, 7) is 6.15. The van der Waals surface area contributed by atoms with Crippen molar-refractivity contribution in [1.82, 2.24) is 10.3 Å². The number of rotatable bonds is 6. The van der Waals surface area contributed by atoms with E-state index in [1.807, 2.05) is 12.3 Å². The number of carbonyl (C=O) groups is 1. The zero-order valence-corrected chi connectivity index (χ0v) is 12.7. The maximum atomic E-state index is 11.4. The molecule has 1 atom stereocenters. The van der Waals surface area contributed by atoms with Crippen LogP contribution in [0.3, 0.4) is 0 Å². The number of aromatic nitrogens is 1. The lowest BCUT2D eigenvalue weighted by Gasteiger charge is -2.20. The lowest BCUT2D eigenvalue weighted by molar-refractivity contribution is -0.116. The second-order valence-corrected chi connectivity index (χ2v) is 5.85. The number of thiazole rings is 1. The van der Waals surface area contributed by atoms with Crippen molar-refractivity contribution < 1.29 is 14.6 Å². The van der Waals surface area contributed by atoms with Crippen molar-refractivity contribution in [2.75, 3.05) is 31.2 Å². The second kappa shape index (κ2) is 6.62. The van der Waals surface area contributed by atoms with Crippen LogP contribution in [0.15, 0.2) is 5.38 Å². The number of nitrogens with one attached hydrogen (secondary N) is 1. The van der Waals surface area contributed by atoms with Gasteiger partial charge in [0.15, 0.2) is 5.13 Å². The molecule has 1 fully saturated rings. The molecule has 1 aromatic rings. The Hall–Kier alpha value is -1.02. The molecule has 2 N–H and O–H groups in total. The number of ether oxygens (including phenoxy) is 1. The Morgan fingerprint density at radius 3 is 3.10 bits per heavy atom. The summed E-state index contributed by atoms with van der Waals surface area (Å²) in [4.78, 5) is 17.5. The molecule has 6 nitrogen and oxygen atoms in total. The molecule has 1 unspecified atom stereocenters. The van der Waals surface area contributed by atoms with Gasteiger partial charge in [-0.2, -0.15) is 0 Å². The van der Waals surface area contributed by atoms with Gasteiger partial charge in [0.2, 0.25) is 5.91 Å². The fraction of sp³-hybridized carbons (Fsp3) is 0.692. The van der Waals surface area contributed by atoms with Crippen LogP contribution in [0.5, 0.6) is 0 Å². The van der Waals surface area contributed by atoms with E-state index >= 15 is 0 Å². The molecule has 0 bridgehead atoms. The largest absolute Gasteiger partial charge is 0.386 e. The van der Waals surface area contributed by atoms with Gasteiger partial charge in [-0.3, -0.25) is 9.69 Å². The minimum absolute atomic E-state index is 0.00113. The molecule has 0 radical (unpaired) electrons. The van der Waals surface area contributed by atoms with Crippen LogP contribution in [-0.4, -0.2) is 47.9 Å². The molecule has 112 valence electrons. The molecule has 0 saturated carbocycles. The van der Waals surface area contributed by atoms with Crippen molar-refractivity contribution >= 4 is 22.4 Å². The summed E-state index contributed by atoms with van der Waals surface area (Å²) in [5.41, 5.74) is 0.125. The molecule has 1 saturated heterocycles. The van der Waals surface area contributed by atoms with E-state index in [0.717, 1.165) is 10.8 Å². The van der Waals surface area contributed by atoms with E-state index < -0.39 is 5.60 Å². The van der Waals surface area contributed by atoms with Gasteiger partial charge in [0.05, 0.1) is 12.3 Å². The minimum Gasteiger partial charge on any atom is -0.386 e. The van der Waals surface area contributed by atoms with Crippen LogP contribution in [0, 0.1) is 0 Å². The molecule has 0 aromatic carbocycles. The smallest absolute Gasteiger partial charge is 0.225 e. The van der Waals surface area contributed by atoms with Crippen LogP contribution < -0.4 is 10.2 Å². The lowest BCUT2D eigenvalue weighted by atomic mass is 10.0. The second-order valence-electron chi connectivity index (χ2n) is 5.02. The average Bonchev–Trinajstić information content (AvgIpc) is 3.00. The predicted molar refractivity (Wildman–Crippen MR) is 77.9 cm³/mol. The maximum Gasteiger partial charge on any atom is 0.225 e. The zero-order valence-electron chi connectivity index (χ0n) is 11.9. The van der Waals surface area contributed by atoms with Crippen LogP contribution in [-0.2, 0) is 16.1 Å². The van der Waals surface area contributed by atoms with E-state index in [-0.39, 0.29) is 5.91 Å². The summed E-state index contributed by atoms with van der Waals surface area (Å²) in [7, 11) is 0. The minimum atomic E-state index is -0.756. The number of aliphatic hydroxyl groups is 1. The Kier molecular flexibility index (Phi) is 5.09. The highest BCUT2D eigenvalue weighted by atomic mass is 32.1. The van der Waals surface area contributed by atoms with Crippen molar-refractivity contribution in [3.63, 3.8) is 0 Å². The van der Waals surface area contributed by atoms with Gasteiger partial charge < -0.3 is 15.2 Å². The number of carbonyl (C=O) groups excluding carboxylic acids is 1. The van der Waals surface area contributed by atoms with E-state index in [2.05, 4.69) is 10.3 Å². The molecular weight excluding hydrogens is 278 g/mol. The normalized spacial score (nSPS) is 22.1. The summed E-state index contributed by atoms with van der Waals surface area (Å²) in [5, 5.41) is 16.0. The predicted octanol–water partition coefficient (Wildman–Crippen LogP) is 0.757. The third-order valence-corrected chi connectivity index (χ3v) is 4.22. The molecule has 1 aliphatic heterocycles. The Bertz CT molecular complexity index is 457. The Morgan fingerprint density at radius 1 is 1.70 bits per heavy atom. The molecular formula is C13H21N3O3S. The summed E-state index contributed by atoms with van der Waals surface area (Å²) in [6.07, 6.45) is 0.663. The molecule has 2 heterocycles. The number of nitrogens with zero attached hydrogens (tertiary/aromatic N) is 2. The van der Waals surface area contributed by atoms with Gasteiger partial charge in [-0.15, -0.1) is 11.3 Å². The molecule has 7 heteroatoms. The summed E-state index contributed by atoms with van der Waals surface area (Å²) < 4.78 is 5.19. The van der Waals surface area contributed by atoms with Crippen LogP contribution >= 0.6 is 11.3 Å². The van der Waals surface area contributed by atoms with Crippen molar-refractivity contribution in [2.24, 2.45) is 0 Å². The number of hydrogen-bond acceptors (Lipinski definition) is 6. The molecule has 0 aliphatic carbocycles. The molecule has 1 aliphatic rings. The van der Waals surface area contributed by atoms with Gasteiger partial charge in [-0.05, 0) is 6.92 Å². The monoisotopic (exact) mass is 299 g/mol. The topological polar surface area (TPSA) is 74.7 Å². The summed E-state index contributed by atoms with van der Waals surface area (Å²) >= 11 is 1.46. The molecule has 20 heavy (non-hydrogen) atoms. The quantitative estimate of drug-likeness (QED) is 0.811. The van der Waals surface area contributed by atoms with Crippen molar-refractivity contribution in [3.05, 3.63) is 11.1 Å². The van der Waals surface area contributed by atoms with E-state index in [1.54, 1.807) is 11.8 Å². The van der Waals surface area contributed by atoms with E-state index in [4.69, 9.17) is 4.74 Å².